The highest BCUT2D eigenvalue weighted by Gasteiger charge is 2.13. The average Bonchev–Trinajstić information content (AvgIpc) is 2.48. The van der Waals surface area contributed by atoms with Crippen molar-refractivity contribution < 1.29 is 4.79 Å². The van der Waals surface area contributed by atoms with Gasteiger partial charge in [-0.25, -0.2) is 0 Å². The van der Waals surface area contributed by atoms with Crippen LogP contribution < -0.4 is 5.32 Å². The van der Waals surface area contributed by atoms with E-state index in [2.05, 4.69) is 5.32 Å². The quantitative estimate of drug-likeness (QED) is 0.866. The molecule has 4 heteroatoms. The number of amides is 1. The molecule has 1 atom stereocenters. The van der Waals surface area contributed by atoms with Crippen LogP contribution in [0.2, 0.25) is 5.02 Å². The van der Waals surface area contributed by atoms with Crippen LogP contribution in [-0.4, -0.2) is 12.2 Å². The molecule has 0 aliphatic heterocycles. The maximum absolute atomic E-state index is 12.3. The van der Waals surface area contributed by atoms with Crippen molar-refractivity contribution in [1.29, 1.82) is 0 Å². The van der Waals surface area contributed by atoms with Gasteiger partial charge < -0.3 is 5.32 Å². The fourth-order valence-corrected chi connectivity index (χ4v) is 2.97. The molecule has 2 aromatic carbocycles. The van der Waals surface area contributed by atoms with Crippen LogP contribution in [0.4, 0.5) is 0 Å². The lowest BCUT2D eigenvalue weighted by atomic mass is 10.1. The highest BCUT2D eigenvalue weighted by Crippen LogP contribution is 2.22. The monoisotopic (exact) mass is 319 g/mol. The Balaban J connectivity index is 2.11. The topological polar surface area (TPSA) is 29.1 Å². The van der Waals surface area contributed by atoms with E-state index in [1.807, 2.05) is 61.7 Å². The van der Waals surface area contributed by atoms with Gasteiger partial charge in [-0.3, -0.25) is 4.79 Å². The minimum Gasteiger partial charge on any atom is -0.345 e. The predicted octanol–water partition coefficient (Wildman–Crippen LogP) is 4.69. The Hall–Kier alpha value is -1.45. The Morgan fingerprint density at radius 1 is 1.24 bits per heavy atom. The van der Waals surface area contributed by atoms with Crippen molar-refractivity contribution in [2.24, 2.45) is 0 Å². The lowest BCUT2D eigenvalue weighted by molar-refractivity contribution is 0.0940. The van der Waals surface area contributed by atoms with Gasteiger partial charge in [-0.2, -0.15) is 11.8 Å². The van der Waals surface area contributed by atoms with Crippen molar-refractivity contribution in [2.45, 2.75) is 18.7 Å². The Labute approximate surface area is 134 Å². The van der Waals surface area contributed by atoms with Gasteiger partial charge in [-0.15, -0.1) is 0 Å². The van der Waals surface area contributed by atoms with Crippen LogP contribution in [0.25, 0.3) is 0 Å². The second-order valence-electron chi connectivity index (χ2n) is 4.85. The fourth-order valence-electron chi connectivity index (χ4n) is 2.15. The molecule has 1 amide bonds. The SMILES string of the molecule is CSCc1cccc(C(=O)NC(C)c2ccccc2Cl)c1. The molecular weight excluding hydrogens is 302 g/mol. The molecule has 2 rings (SSSR count). The number of carbonyl (C=O) groups is 1. The van der Waals surface area contributed by atoms with Crippen molar-refractivity contribution in [3.8, 4) is 0 Å². The van der Waals surface area contributed by atoms with Crippen molar-refractivity contribution in [3.05, 3.63) is 70.2 Å². The molecule has 2 nitrogen and oxygen atoms in total. The van der Waals surface area contributed by atoms with Crippen molar-refractivity contribution in [3.63, 3.8) is 0 Å². The molecule has 0 heterocycles. The van der Waals surface area contributed by atoms with E-state index >= 15 is 0 Å². The second-order valence-corrected chi connectivity index (χ2v) is 6.12. The van der Waals surface area contributed by atoms with Gasteiger partial charge in [0, 0.05) is 16.3 Å². The van der Waals surface area contributed by atoms with Gasteiger partial charge in [-0.1, -0.05) is 41.9 Å². The van der Waals surface area contributed by atoms with Gasteiger partial charge in [0.2, 0.25) is 0 Å². The normalized spacial score (nSPS) is 12.0. The largest absolute Gasteiger partial charge is 0.345 e. The van der Waals surface area contributed by atoms with E-state index in [9.17, 15) is 4.79 Å². The summed E-state index contributed by atoms with van der Waals surface area (Å²) >= 11 is 7.90. The summed E-state index contributed by atoms with van der Waals surface area (Å²) < 4.78 is 0. The number of nitrogens with one attached hydrogen (secondary N) is 1. The molecule has 0 bridgehead atoms. The zero-order valence-electron chi connectivity index (χ0n) is 12.1. The average molecular weight is 320 g/mol. The summed E-state index contributed by atoms with van der Waals surface area (Å²) in [6.45, 7) is 1.94. The number of carbonyl (C=O) groups excluding carboxylic acids is 1. The molecule has 0 saturated carbocycles. The zero-order valence-corrected chi connectivity index (χ0v) is 13.7. The third-order valence-corrected chi connectivity index (χ3v) is 4.19. The molecule has 0 aliphatic carbocycles. The Morgan fingerprint density at radius 2 is 2.00 bits per heavy atom. The molecule has 0 saturated heterocycles. The summed E-state index contributed by atoms with van der Waals surface area (Å²) in [4.78, 5) is 12.3. The first-order chi connectivity index (χ1) is 10.1. The number of hydrogen-bond donors (Lipinski definition) is 1. The first kappa shape index (κ1) is 15.9. The first-order valence-electron chi connectivity index (χ1n) is 6.75. The minimum absolute atomic E-state index is 0.0784. The van der Waals surface area contributed by atoms with Crippen LogP contribution in [0.1, 0.15) is 34.5 Å². The first-order valence-corrected chi connectivity index (χ1v) is 8.52. The molecule has 0 fully saturated rings. The number of thioether (sulfide) groups is 1. The maximum atomic E-state index is 12.3. The van der Waals surface area contributed by atoms with Crippen molar-refractivity contribution >= 4 is 29.3 Å². The highest BCUT2D eigenvalue weighted by atomic mass is 35.5. The van der Waals surface area contributed by atoms with Gasteiger partial charge in [0.15, 0.2) is 0 Å². The summed E-state index contributed by atoms with van der Waals surface area (Å²) in [5, 5.41) is 3.66. The number of hydrogen-bond acceptors (Lipinski definition) is 2. The summed E-state index contributed by atoms with van der Waals surface area (Å²) in [6, 6.07) is 15.1. The molecule has 2 aromatic rings. The van der Waals surface area contributed by atoms with E-state index in [4.69, 9.17) is 11.6 Å². The lowest BCUT2D eigenvalue weighted by Crippen LogP contribution is -2.26. The van der Waals surface area contributed by atoms with Gasteiger partial charge in [0.05, 0.1) is 6.04 Å². The molecule has 1 unspecified atom stereocenters. The van der Waals surface area contributed by atoms with Crippen LogP contribution in [0.3, 0.4) is 0 Å². The van der Waals surface area contributed by atoms with E-state index < -0.39 is 0 Å². The molecule has 0 radical (unpaired) electrons. The number of halogens is 1. The molecule has 0 aliphatic rings. The Kier molecular flexibility index (Phi) is 5.71. The van der Waals surface area contributed by atoms with E-state index in [1.165, 1.54) is 0 Å². The summed E-state index contributed by atoms with van der Waals surface area (Å²) in [5.41, 5.74) is 2.76. The standard InChI is InChI=1S/C17H18ClNOS/c1-12(15-8-3-4-9-16(15)18)19-17(20)14-7-5-6-13(10-14)11-21-2/h3-10,12H,11H2,1-2H3,(H,19,20). The van der Waals surface area contributed by atoms with Gasteiger partial charge >= 0.3 is 0 Å². The second kappa shape index (κ2) is 7.53. The van der Waals surface area contributed by atoms with Crippen LogP contribution >= 0.6 is 23.4 Å². The third kappa shape index (κ3) is 4.26. The van der Waals surface area contributed by atoms with E-state index in [1.54, 1.807) is 11.8 Å². The molecular formula is C17H18ClNOS. The van der Waals surface area contributed by atoms with Crippen LogP contribution in [0.5, 0.6) is 0 Å². The molecule has 1 N–H and O–H groups in total. The van der Waals surface area contributed by atoms with E-state index in [0.717, 1.165) is 16.9 Å². The Morgan fingerprint density at radius 3 is 2.71 bits per heavy atom. The van der Waals surface area contributed by atoms with Gasteiger partial charge in [-0.05, 0) is 42.5 Å². The van der Waals surface area contributed by atoms with Crippen LogP contribution in [0.15, 0.2) is 48.5 Å². The molecule has 0 aromatic heterocycles. The summed E-state index contributed by atoms with van der Waals surface area (Å²) in [6.07, 6.45) is 2.05. The zero-order chi connectivity index (χ0) is 15.2. The fraction of sp³-hybridized carbons (Fsp3) is 0.235. The third-order valence-electron chi connectivity index (χ3n) is 3.22. The van der Waals surface area contributed by atoms with E-state index in [-0.39, 0.29) is 11.9 Å². The number of rotatable bonds is 5. The molecule has 0 spiro atoms. The highest BCUT2D eigenvalue weighted by molar-refractivity contribution is 7.97. The van der Waals surface area contributed by atoms with Crippen molar-refractivity contribution in [2.75, 3.05) is 6.26 Å². The summed E-state index contributed by atoms with van der Waals surface area (Å²) in [5.74, 6) is 0.826. The van der Waals surface area contributed by atoms with Crippen LogP contribution in [0, 0.1) is 0 Å². The molecule has 21 heavy (non-hydrogen) atoms. The Bertz CT molecular complexity index is 630. The van der Waals surface area contributed by atoms with Gasteiger partial charge in [0.25, 0.3) is 5.91 Å². The summed E-state index contributed by atoms with van der Waals surface area (Å²) in [7, 11) is 0. The smallest absolute Gasteiger partial charge is 0.251 e. The number of benzene rings is 2. The predicted molar refractivity (Wildman–Crippen MR) is 91.0 cm³/mol. The van der Waals surface area contributed by atoms with Crippen LogP contribution in [-0.2, 0) is 5.75 Å². The molecule has 110 valence electrons. The van der Waals surface area contributed by atoms with Gasteiger partial charge in [0.1, 0.15) is 0 Å². The maximum Gasteiger partial charge on any atom is 0.251 e. The lowest BCUT2D eigenvalue weighted by Gasteiger charge is -2.16. The van der Waals surface area contributed by atoms with E-state index in [0.29, 0.717) is 10.6 Å². The minimum atomic E-state index is -0.129. The van der Waals surface area contributed by atoms with Crippen molar-refractivity contribution in [1.82, 2.24) is 5.32 Å².